The zero-order valence-corrected chi connectivity index (χ0v) is 13.7. The number of aliphatic imine (C=N–C) groups is 1. The second-order valence-electron chi connectivity index (χ2n) is 5.85. The molecule has 5 heteroatoms. The number of hydrogen-bond donors (Lipinski definition) is 0. The Morgan fingerprint density at radius 2 is 2.09 bits per heavy atom. The van der Waals surface area contributed by atoms with Crippen LogP contribution in [-0.2, 0) is 16.1 Å². The van der Waals surface area contributed by atoms with Gasteiger partial charge >= 0.3 is 5.97 Å². The molecular formula is C17H22N2O2S. The molecule has 0 radical (unpaired) electrons. The summed E-state index contributed by atoms with van der Waals surface area (Å²) in [6.45, 7) is 5.25. The van der Waals surface area contributed by atoms with Crippen molar-refractivity contribution in [1.29, 1.82) is 0 Å². The summed E-state index contributed by atoms with van der Waals surface area (Å²) in [5.41, 5.74) is 3.18. The van der Waals surface area contributed by atoms with Gasteiger partial charge in [-0.1, -0.05) is 30.3 Å². The normalized spacial score (nSPS) is 23.8. The maximum atomic E-state index is 12.1. The Bertz CT molecular complexity index is 539. The molecule has 118 valence electrons. The lowest BCUT2D eigenvalue weighted by atomic mass is 9.88. The number of ether oxygens (including phenoxy) is 1. The highest BCUT2D eigenvalue weighted by Crippen LogP contribution is 2.43. The van der Waals surface area contributed by atoms with Crippen molar-refractivity contribution < 1.29 is 9.53 Å². The van der Waals surface area contributed by atoms with Crippen molar-refractivity contribution in [3.8, 4) is 0 Å². The van der Waals surface area contributed by atoms with Crippen LogP contribution in [-0.4, -0.2) is 46.9 Å². The SMILES string of the molecule is CCOC(=O)C1N=CSC12CCN(Cc1ccccc1)CC2. The van der Waals surface area contributed by atoms with Gasteiger partial charge in [-0.2, -0.15) is 0 Å². The van der Waals surface area contributed by atoms with Crippen LogP contribution in [0.4, 0.5) is 0 Å². The molecule has 4 nitrogen and oxygen atoms in total. The van der Waals surface area contributed by atoms with E-state index in [1.54, 1.807) is 11.8 Å². The van der Waals surface area contributed by atoms with E-state index in [4.69, 9.17) is 4.74 Å². The lowest BCUT2D eigenvalue weighted by Crippen LogP contribution is -2.49. The summed E-state index contributed by atoms with van der Waals surface area (Å²) in [6, 6.07) is 10.2. The molecule has 1 aromatic rings. The summed E-state index contributed by atoms with van der Waals surface area (Å²) in [5.74, 6) is -0.166. The van der Waals surface area contributed by atoms with E-state index >= 15 is 0 Å². The minimum absolute atomic E-state index is 0.0839. The average molecular weight is 318 g/mol. The van der Waals surface area contributed by atoms with Gasteiger partial charge in [0.05, 0.1) is 16.9 Å². The van der Waals surface area contributed by atoms with E-state index in [9.17, 15) is 4.79 Å². The predicted molar refractivity (Wildman–Crippen MR) is 90.2 cm³/mol. The van der Waals surface area contributed by atoms with Crippen molar-refractivity contribution in [3.63, 3.8) is 0 Å². The molecule has 1 aromatic carbocycles. The van der Waals surface area contributed by atoms with Crippen molar-refractivity contribution in [2.24, 2.45) is 4.99 Å². The van der Waals surface area contributed by atoms with Gasteiger partial charge in [0.2, 0.25) is 0 Å². The van der Waals surface area contributed by atoms with Gasteiger partial charge in [0.15, 0.2) is 6.04 Å². The topological polar surface area (TPSA) is 41.9 Å². The summed E-state index contributed by atoms with van der Waals surface area (Å²) >= 11 is 1.72. The largest absolute Gasteiger partial charge is 0.464 e. The highest BCUT2D eigenvalue weighted by atomic mass is 32.2. The van der Waals surface area contributed by atoms with Gasteiger partial charge < -0.3 is 4.74 Å². The summed E-state index contributed by atoms with van der Waals surface area (Å²) in [5, 5.41) is 0. The van der Waals surface area contributed by atoms with Gasteiger partial charge in [-0.25, -0.2) is 4.79 Å². The van der Waals surface area contributed by atoms with Crippen molar-refractivity contribution >= 4 is 23.3 Å². The Morgan fingerprint density at radius 3 is 2.77 bits per heavy atom. The van der Waals surface area contributed by atoms with Gasteiger partial charge in [-0.05, 0) is 38.4 Å². The van der Waals surface area contributed by atoms with Crippen molar-refractivity contribution in [3.05, 3.63) is 35.9 Å². The van der Waals surface area contributed by atoms with E-state index in [1.807, 2.05) is 18.5 Å². The standard InChI is InChI=1S/C17H22N2O2S/c1-2-21-16(20)15-17(22-13-18-15)8-10-19(11-9-17)12-14-6-4-3-5-7-14/h3-7,13,15H,2,8-12H2,1H3. The molecule has 0 saturated carbocycles. The molecule has 1 atom stereocenters. The van der Waals surface area contributed by atoms with Crippen molar-refractivity contribution in [2.75, 3.05) is 19.7 Å². The van der Waals surface area contributed by atoms with E-state index in [-0.39, 0.29) is 16.8 Å². The number of rotatable bonds is 4. The first kappa shape index (κ1) is 15.6. The molecule has 0 amide bonds. The maximum Gasteiger partial charge on any atom is 0.332 e. The third kappa shape index (κ3) is 3.20. The van der Waals surface area contributed by atoms with Crippen LogP contribution in [0.15, 0.2) is 35.3 Å². The summed E-state index contributed by atoms with van der Waals surface area (Å²) in [7, 11) is 0. The molecule has 0 aliphatic carbocycles. The van der Waals surface area contributed by atoms with Gasteiger partial charge in [-0.3, -0.25) is 9.89 Å². The molecule has 22 heavy (non-hydrogen) atoms. The van der Waals surface area contributed by atoms with Gasteiger partial charge in [0.25, 0.3) is 0 Å². The van der Waals surface area contributed by atoms with Gasteiger partial charge in [-0.15, -0.1) is 11.8 Å². The molecule has 2 aliphatic rings. The third-order valence-corrected chi connectivity index (χ3v) is 5.78. The highest BCUT2D eigenvalue weighted by molar-refractivity contribution is 8.13. The van der Waals surface area contributed by atoms with Crippen LogP contribution >= 0.6 is 11.8 Å². The van der Waals surface area contributed by atoms with Crippen molar-refractivity contribution in [1.82, 2.24) is 4.90 Å². The van der Waals surface area contributed by atoms with Crippen LogP contribution in [0.5, 0.6) is 0 Å². The second-order valence-corrected chi connectivity index (χ2v) is 7.11. The molecule has 1 unspecified atom stereocenters. The van der Waals surface area contributed by atoms with Gasteiger partial charge in [0.1, 0.15) is 0 Å². The van der Waals surface area contributed by atoms with E-state index in [0.717, 1.165) is 32.5 Å². The number of likely N-dealkylation sites (tertiary alicyclic amines) is 1. The quantitative estimate of drug-likeness (QED) is 0.801. The minimum Gasteiger partial charge on any atom is -0.464 e. The fraction of sp³-hybridized carbons (Fsp3) is 0.529. The smallest absolute Gasteiger partial charge is 0.332 e. The Labute approximate surface area is 135 Å². The first-order chi connectivity index (χ1) is 10.7. The Balaban J connectivity index is 1.60. The van der Waals surface area contributed by atoms with Crippen molar-refractivity contribution in [2.45, 2.75) is 37.1 Å². The van der Waals surface area contributed by atoms with E-state index in [0.29, 0.717) is 6.61 Å². The minimum atomic E-state index is -0.323. The number of thioether (sulfide) groups is 1. The van der Waals surface area contributed by atoms with E-state index in [2.05, 4.69) is 34.2 Å². The molecule has 0 bridgehead atoms. The first-order valence-electron chi connectivity index (χ1n) is 7.86. The maximum absolute atomic E-state index is 12.1. The van der Waals surface area contributed by atoms with Crippen LogP contribution in [0.3, 0.4) is 0 Å². The zero-order chi connectivity index (χ0) is 15.4. The molecule has 2 heterocycles. The monoisotopic (exact) mass is 318 g/mol. The summed E-state index contributed by atoms with van der Waals surface area (Å²) in [4.78, 5) is 19.0. The molecule has 1 fully saturated rings. The number of hydrogen-bond acceptors (Lipinski definition) is 5. The molecule has 3 rings (SSSR count). The second kappa shape index (κ2) is 6.84. The number of carbonyl (C=O) groups is 1. The number of esters is 1. The fourth-order valence-electron chi connectivity index (χ4n) is 3.22. The van der Waals surface area contributed by atoms with Crippen LogP contribution in [0.2, 0.25) is 0 Å². The predicted octanol–water partition coefficient (Wildman–Crippen LogP) is 2.73. The Hall–Kier alpha value is -1.33. The highest BCUT2D eigenvalue weighted by Gasteiger charge is 2.48. The molecular weight excluding hydrogens is 296 g/mol. The van der Waals surface area contributed by atoms with Gasteiger partial charge in [0, 0.05) is 6.54 Å². The number of piperidine rings is 1. The number of benzene rings is 1. The van der Waals surface area contributed by atoms with E-state index in [1.165, 1.54) is 5.56 Å². The van der Waals surface area contributed by atoms with Crippen LogP contribution < -0.4 is 0 Å². The molecule has 1 spiro atoms. The fourth-order valence-corrected chi connectivity index (χ4v) is 4.31. The summed E-state index contributed by atoms with van der Waals surface area (Å²) < 4.78 is 5.11. The van der Waals surface area contributed by atoms with Crippen LogP contribution in [0.1, 0.15) is 25.3 Å². The zero-order valence-electron chi connectivity index (χ0n) is 12.9. The molecule has 0 aromatic heterocycles. The summed E-state index contributed by atoms with van der Waals surface area (Å²) in [6.07, 6.45) is 1.96. The first-order valence-corrected chi connectivity index (χ1v) is 8.74. The molecule has 2 aliphatic heterocycles. The molecule has 1 saturated heterocycles. The van der Waals surface area contributed by atoms with Crippen LogP contribution in [0, 0.1) is 0 Å². The lowest BCUT2D eigenvalue weighted by Gasteiger charge is -2.40. The Kier molecular flexibility index (Phi) is 4.84. The lowest BCUT2D eigenvalue weighted by molar-refractivity contribution is -0.145. The Morgan fingerprint density at radius 1 is 1.36 bits per heavy atom. The van der Waals surface area contributed by atoms with E-state index < -0.39 is 0 Å². The molecule has 0 N–H and O–H groups in total. The number of nitrogens with zero attached hydrogens (tertiary/aromatic N) is 2. The average Bonchev–Trinajstić information content (AvgIpc) is 2.95. The third-order valence-electron chi connectivity index (χ3n) is 4.46. The number of carbonyl (C=O) groups excluding carboxylic acids is 1. The van der Waals surface area contributed by atoms with Crippen LogP contribution in [0.25, 0.3) is 0 Å².